The fourth-order valence-electron chi connectivity index (χ4n) is 3.49. The number of rotatable bonds is 3. The smallest absolute Gasteiger partial charge is 0.272 e. The average molecular weight is 366 g/mol. The van der Waals surface area contributed by atoms with Crippen LogP contribution in [-0.2, 0) is 9.84 Å². The first kappa shape index (κ1) is 18.1. The SMILES string of the molecule is Cc1nc(C(=O)N(C)C2CCS(=O)(=O)C2)cc(N2CCC(C)CC2)n1. The first-order valence-electron chi connectivity index (χ1n) is 8.83. The molecule has 0 bridgehead atoms. The van der Waals surface area contributed by atoms with E-state index in [4.69, 9.17) is 0 Å². The molecule has 1 unspecified atom stereocenters. The lowest BCUT2D eigenvalue weighted by Gasteiger charge is -2.31. The van der Waals surface area contributed by atoms with Crippen LogP contribution >= 0.6 is 0 Å². The largest absolute Gasteiger partial charge is 0.356 e. The number of aromatic nitrogens is 2. The van der Waals surface area contributed by atoms with E-state index in [2.05, 4.69) is 21.8 Å². The van der Waals surface area contributed by atoms with Gasteiger partial charge in [0.05, 0.1) is 11.5 Å². The number of carbonyl (C=O) groups excluding carboxylic acids is 1. The third-order valence-electron chi connectivity index (χ3n) is 5.23. The Morgan fingerprint density at radius 1 is 1.24 bits per heavy atom. The van der Waals surface area contributed by atoms with Crippen LogP contribution in [0, 0.1) is 12.8 Å². The third kappa shape index (κ3) is 4.11. The molecule has 0 aliphatic carbocycles. The zero-order valence-corrected chi connectivity index (χ0v) is 15.9. The second-order valence-corrected chi connectivity index (χ2v) is 9.53. The van der Waals surface area contributed by atoms with Gasteiger partial charge in [0.25, 0.3) is 5.91 Å². The fourth-order valence-corrected chi connectivity index (χ4v) is 5.26. The molecule has 2 aliphatic rings. The zero-order valence-electron chi connectivity index (χ0n) is 15.1. The molecule has 2 aliphatic heterocycles. The molecular formula is C17H26N4O3S. The topological polar surface area (TPSA) is 83.5 Å². The molecule has 138 valence electrons. The number of amides is 1. The molecule has 0 saturated carbocycles. The van der Waals surface area contributed by atoms with Crippen LogP contribution in [0.3, 0.4) is 0 Å². The monoisotopic (exact) mass is 366 g/mol. The number of carbonyl (C=O) groups is 1. The highest BCUT2D eigenvalue weighted by Gasteiger charge is 2.33. The normalized spacial score (nSPS) is 23.6. The maximum atomic E-state index is 12.8. The van der Waals surface area contributed by atoms with Gasteiger partial charge in [0.2, 0.25) is 0 Å². The number of sulfone groups is 1. The standard InChI is InChI=1S/C17H26N4O3S/c1-12-4-7-21(8-5-12)16-10-15(18-13(2)19-16)17(22)20(3)14-6-9-25(23,24)11-14/h10,12,14H,4-9,11H2,1-3H3. The van der Waals surface area contributed by atoms with E-state index in [1.54, 1.807) is 20.0 Å². The molecule has 0 radical (unpaired) electrons. The van der Waals surface area contributed by atoms with Gasteiger partial charge in [0.1, 0.15) is 17.3 Å². The van der Waals surface area contributed by atoms with Crippen LogP contribution in [0.15, 0.2) is 6.07 Å². The highest BCUT2D eigenvalue weighted by molar-refractivity contribution is 7.91. The Morgan fingerprint density at radius 2 is 1.92 bits per heavy atom. The maximum absolute atomic E-state index is 12.8. The van der Waals surface area contributed by atoms with Crippen LogP contribution < -0.4 is 4.90 Å². The van der Waals surface area contributed by atoms with Crippen molar-refractivity contribution in [1.29, 1.82) is 0 Å². The van der Waals surface area contributed by atoms with E-state index in [-0.39, 0.29) is 23.5 Å². The van der Waals surface area contributed by atoms with Crippen molar-refractivity contribution >= 4 is 21.6 Å². The van der Waals surface area contributed by atoms with Crippen molar-refractivity contribution < 1.29 is 13.2 Å². The molecule has 1 aromatic rings. The molecule has 7 nitrogen and oxygen atoms in total. The highest BCUT2D eigenvalue weighted by Crippen LogP contribution is 2.23. The number of piperidine rings is 1. The number of anilines is 1. The molecule has 3 rings (SSSR count). The Bertz CT molecular complexity index is 757. The van der Waals surface area contributed by atoms with Crippen molar-refractivity contribution in [2.75, 3.05) is 36.5 Å². The zero-order chi connectivity index (χ0) is 18.2. The summed E-state index contributed by atoms with van der Waals surface area (Å²) in [5.41, 5.74) is 0.341. The van der Waals surface area contributed by atoms with Gasteiger partial charge in [0, 0.05) is 32.2 Å². The Labute approximate surface area is 149 Å². The van der Waals surface area contributed by atoms with E-state index in [1.165, 1.54) is 4.90 Å². The minimum absolute atomic E-state index is 0.0379. The van der Waals surface area contributed by atoms with Crippen LogP contribution in [0.25, 0.3) is 0 Å². The van der Waals surface area contributed by atoms with Crippen molar-refractivity contribution in [2.24, 2.45) is 5.92 Å². The van der Waals surface area contributed by atoms with E-state index >= 15 is 0 Å². The van der Waals surface area contributed by atoms with Gasteiger partial charge in [-0.3, -0.25) is 4.79 Å². The molecule has 2 fully saturated rings. The van der Waals surface area contributed by atoms with Crippen LogP contribution in [-0.4, -0.2) is 66.9 Å². The van der Waals surface area contributed by atoms with Crippen molar-refractivity contribution in [3.63, 3.8) is 0 Å². The maximum Gasteiger partial charge on any atom is 0.272 e. The van der Waals surface area contributed by atoms with Gasteiger partial charge in [-0.05, 0) is 32.1 Å². The van der Waals surface area contributed by atoms with E-state index in [9.17, 15) is 13.2 Å². The van der Waals surface area contributed by atoms with Crippen molar-refractivity contribution in [2.45, 2.75) is 39.2 Å². The number of hydrogen-bond donors (Lipinski definition) is 0. The molecule has 2 saturated heterocycles. The van der Waals surface area contributed by atoms with Gasteiger partial charge in [-0.25, -0.2) is 18.4 Å². The second-order valence-electron chi connectivity index (χ2n) is 7.30. The number of nitrogens with zero attached hydrogens (tertiary/aromatic N) is 4. The molecule has 1 atom stereocenters. The molecule has 0 aromatic carbocycles. The number of hydrogen-bond acceptors (Lipinski definition) is 6. The quantitative estimate of drug-likeness (QED) is 0.801. The lowest BCUT2D eigenvalue weighted by atomic mass is 9.99. The minimum atomic E-state index is -3.03. The van der Waals surface area contributed by atoms with E-state index in [0.717, 1.165) is 37.7 Å². The van der Waals surface area contributed by atoms with E-state index < -0.39 is 9.84 Å². The summed E-state index contributed by atoms with van der Waals surface area (Å²) in [5.74, 6) is 2.02. The summed E-state index contributed by atoms with van der Waals surface area (Å²) in [4.78, 5) is 25.3. The van der Waals surface area contributed by atoms with Crippen molar-refractivity contribution in [1.82, 2.24) is 14.9 Å². The predicted octanol–water partition coefficient (Wildman–Crippen LogP) is 1.28. The van der Waals surface area contributed by atoms with E-state index in [0.29, 0.717) is 17.9 Å². The Balaban J connectivity index is 1.78. The van der Waals surface area contributed by atoms with Gasteiger partial charge in [-0.15, -0.1) is 0 Å². The molecule has 25 heavy (non-hydrogen) atoms. The Morgan fingerprint density at radius 3 is 2.52 bits per heavy atom. The fraction of sp³-hybridized carbons (Fsp3) is 0.706. The second kappa shape index (κ2) is 6.90. The summed E-state index contributed by atoms with van der Waals surface area (Å²) in [5, 5.41) is 0. The lowest BCUT2D eigenvalue weighted by Crippen LogP contribution is -2.39. The summed E-state index contributed by atoms with van der Waals surface area (Å²) < 4.78 is 23.4. The minimum Gasteiger partial charge on any atom is -0.356 e. The van der Waals surface area contributed by atoms with Crippen molar-refractivity contribution in [3.8, 4) is 0 Å². The third-order valence-corrected chi connectivity index (χ3v) is 6.98. The molecule has 0 spiro atoms. The van der Waals surface area contributed by atoms with Gasteiger partial charge in [-0.2, -0.15) is 0 Å². The first-order valence-corrected chi connectivity index (χ1v) is 10.7. The first-order chi connectivity index (χ1) is 11.7. The van der Waals surface area contributed by atoms with E-state index in [1.807, 2.05) is 0 Å². The van der Waals surface area contributed by atoms with Gasteiger partial charge >= 0.3 is 0 Å². The van der Waals surface area contributed by atoms with Crippen molar-refractivity contribution in [3.05, 3.63) is 17.6 Å². The molecule has 3 heterocycles. The van der Waals surface area contributed by atoms with Gasteiger partial charge < -0.3 is 9.80 Å². The molecule has 1 amide bonds. The molecular weight excluding hydrogens is 340 g/mol. The summed E-state index contributed by atoms with van der Waals surface area (Å²) in [6.07, 6.45) is 2.73. The molecule has 1 aromatic heterocycles. The van der Waals surface area contributed by atoms with Crippen LogP contribution in [0.1, 0.15) is 42.5 Å². The Hall–Kier alpha value is -1.70. The molecule has 0 N–H and O–H groups in total. The summed E-state index contributed by atoms with van der Waals surface area (Å²) in [7, 11) is -1.37. The molecule has 8 heteroatoms. The number of aryl methyl sites for hydroxylation is 1. The van der Waals surface area contributed by atoms with Crippen LogP contribution in [0.2, 0.25) is 0 Å². The van der Waals surface area contributed by atoms with Crippen LogP contribution in [0.5, 0.6) is 0 Å². The average Bonchev–Trinajstić information content (AvgIpc) is 2.93. The summed E-state index contributed by atoms with van der Waals surface area (Å²) >= 11 is 0. The lowest BCUT2D eigenvalue weighted by molar-refractivity contribution is 0.0741. The summed E-state index contributed by atoms with van der Waals surface area (Å²) in [6, 6.07) is 1.47. The highest BCUT2D eigenvalue weighted by atomic mass is 32.2. The summed E-state index contributed by atoms with van der Waals surface area (Å²) in [6.45, 7) is 5.90. The predicted molar refractivity (Wildman–Crippen MR) is 96.5 cm³/mol. The van der Waals surface area contributed by atoms with Crippen LogP contribution in [0.4, 0.5) is 5.82 Å². The Kier molecular flexibility index (Phi) is 4.99. The van der Waals surface area contributed by atoms with Gasteiger partial charge in [-0.1, -0.05) is 6.92 Å². The van der Waals surface area contributed by atoms with Gasteiger partial charge in [0.15, 0.2) is 9.84 Å².